The largest absolute Gasteiger partial charge is 0.341 e. The molecule has 0 aliphatic carbocycles. The lowest BCUT2D eigenvalue weighted by Crippen LogP contribution is -2.37. The van der Waals surface area contributed by atoms with E-state index >= 15 is 0 Å². The highest BCUT2D eigenvalue weighted by molar-refractivity contribution is 5.85. The Kier molecular flexibility index (Phi) is 10.3. The zero-order chi connectivity index (χ0) is 15.1. The SMILES string of the molecule is Cl.Cl.Cn1cc(CC(=O)N(CCN)CCc2ccccc2)cn1. The Bertz CT molecular complexity index is 574. The van der Waals surface area contributed by atoms with Crippen molar-refractivity contribution in [2.24, 2.45) is 12.8 Å². The highest BCUT2D eigenvalue weighted by Crippen LogP contribution is 2.05. The maximum atomic E-state index is 12.4. The number of halogens is 2. The van der Waals surface area contributed by atoms with E-state index in [1.54, 1.807) is 10.9 Å². The van der Waals surface area contributed by atoms with Crippen LogP contribution in [0.4, 0.5) is 0 Å². The van der Waals surface area contributed by atoms with Crippen molar-refractivity contribution in [2.75, 3.05) is 19.6 Å². The highest BCUT2D eigenvalue weighted by atomic mass is 35.5. The molecule has 128 valence electrons. The third-order valence-corrected chi connectivity index (χ3v) is 3.38. The summed E-state index contributed by atoms with van der Waals surface area (Å²) in [7, 11) is 1.85. The van der Waals surface area contributed by atoms with Crippen molar-refractivity contribution in [1.82, 2.24) is 14.7 Å². The van der Waals surface area contributed by atoms with Gasteiger partial charge in [-0.05, 0) is 17.5 Å². The van der Waals surface area contributed by atoms with E-state index in [9.17, 15) is 4.79 Å². The maximum Gasteiger partial charge on any atom is 0.227 e. The number of nitrogens with two attached hydrogens (primary N) is 1. The molecule has 1 amide bonds. The number of amides is 1. The lowest BCUT2D eigenvalue weighted by Gasteiger charge is -2.22. The van der Waals surface area contributed by atoms with Crippen molar-refractivity contribution < 1.29 is 4.79 Å². The van der Waals surface area contributed by atoms with E-state index in [-0.39, 0.29) is 30.7 Å². The normalized spacial score (nSPS) is 9.65. The summed E-state index contributed by atoms with van der Waals surface area (Å²) in [6, 6.07) is 10.2. The molecule has 0 radical (unpaired) electrons. The van der Waals surface area contributed by atoms with Crippen LogP contribution in [0, 0.1) is 0 Å². The summed E-state index contributed by atoms with van der Waals surface area (Å²) in [4.78, 5) is 14.2. The van der Waals surface area contributed by atoms with Crippen molar-refractivity contribution in [3.05, 3.63) is 53.9 Å². The standard InChI is InChI=1S/C16H22N4O.2ClH/c1-19-13-15(12-18-19)11-16(21)20(10-8-17)9-7-14-5-3-2-4-6-14;;/h2-6,12-13H,7-11,17H2,1H3;2*1H. The molecule has 0 aliphatic heterocycles. The number of nitrogens with zero attached hydrogens (tertiary/aromatic N) is 3. The summed E-state index contributed by atoms with van der Waals surface area (Å²) >= 11 is 0. The summed E-state index contributed by atoms with van der Waals surface area (Å²) in [6.45, 7) is 1.76. The van der Waals surface area contributed by atoms with Gasteiger partial charge in [0.2, 0.25) is 5.91 Å². The van der Waals surface area contributed by atoms with Crippen molar-refractivity contribution in [2.45, 2.75) is 12.8 Å². The summed E-state index contributed by atoms with van der Waals surface area (Å²) in [5, 5.41) is 4.09. The Labute approximate surface area is 149 Å². The number of carbonyl (C=O) groups excluding carboxylic acids is 1. The number of carbonyl (C=O) groups is 1. The van der Waals surface area contributed by atoms with Crippen molar-refractivity contribution in [3.63, 3.8) is 0 Å². The van der Waals surface area contributed by atoms with Crippen molar-refractivity contribution in [1.29, 1.82) is 0 Å². The van der Waals surface area contributed by atoms with E-state index < -0.39 is 0 Å². The van der Waals surface area contributed by atoms with Gasteiger partial charge in [0.1, 0.15) is 0 Å². The minimum atomic E-state index is 0. The monoisotopic (exact) mass is 358 g/mol. The molecule has 2 rings (SSSR count). The molecule has 0 saturated heterocycles. The van der Waals surface area contributed by atoms with Gasteiger partial charge in [0.05, 0.1) is 12.6 Å². The molecule has 2 aromatic rings. The number of hydrogen-bond acceptors (Lipinski definition) is 3. The summed E-state index contributed by atoms with van der Waals surface area (Å²) < 4.78 is 1.71. The van der Waals surface area contributed by atoms with Crippen LogP contribution >= 0.6 is 24.8 Å². The number of aryl methyl sites for hydroxylation is 1. The van der Waals surface area contributed by atoms with E-state index in [1.165, 1.54) is 5.56 Å². The molecule has 1 aromatic heterocycles. The van der Waals surface area contributed by atoms with Crippen LogP contribution in [0.25, 0.3) is 0 Å². The van der Waals surface area contributed by atoms with Gasteiger partial charge in [-0.25, -0.2) is 0 Å². The van der Waals surface area contributed by atoms with Crippen LogP contribution in [0.5, 0.6) is 0 Å². The smallest absolute Gasteiger partial charge is 0.227 e. The molecule has 0 aliphatic rings. The first-order chi connectivity index (χ1) is 10.2. The van der Waals surface area contributed by atoms with Gasteiger partial charge in [-0.3, -0.25) is 9.48 Å². The lowest BCUT2D eigenvalue weighted by atomic mass is 10.1. The average Bonchev–Trinajstić information content (AvgIpc) is 2.89. The Morgan fingerprint density at radius 1 is 1.17 bits per heavy atom. The fraction of sp³-hybridized carbons (Fsp3) is 0.375. The fourth-order valence-corrected chi connectivity index (χ4v) is 2.28. The van der Waals surface area contributed by atoms with Crippen LogP contribution in [-0.4, -0.2) is 40.2 Å². The number of benzene rings is 1. The molecule has 0 fully saturated rings. The number of rotatable bonds is 7. The van der Waals surface area contributed by atoms with Crippen LogP contribution in [0.2, 0.25) is 0 Å². The van der Waals surface area contributed by atoms with Crippen molar-refractivity contribution >= 4 is 30.7 Å². The lowest BCUT2D eigenvalue weighted by molar-refractivity contribution is -0.130. The average molecular weight is 359 g/mol. The predicted octanol–water partition coefficient (Wildman–Crippen LogP) is 1.84. The molecule has 0 spiro atoms. The van der Waals surface area contributed by atoms with Gasteiger partial charge in [0, 0.05) is 32.9 Å². The summed E-state index contributed by atoms with van der Waals surface area (Å²) in [6.07, 6.45) is 4.83. The molecule has 23 heavy (non-hydrogen) atoms. The second-order valence-electron chi connectivity index (χ2n) is 5.10. The van der Waals surface area contributed by atoms with E-state index in [0.29, 0.717) is 26.1 Å². The van der Waals surface area contributed by atoms with Crippen LogP contribution < -0.4 is 5.73 Å². The molecule has 1 aromatic carbocycles. The van der Waals surface area contributed by atoms with Gasteiger partial charge in [-0.1, -0.05) is 30.3 Å². The van der Waals surface area contributed by atoms with Crippen LogP contribution in [0.3, 0.4) is 0 Å². The minimum absolute atomic E-state index is 0. The molecule has 5 nitrogen and oxygen atoms in total. The zero-order valence-electron chi connectivity index (χ0n) is 13.2. The van der Waals surface area contributed by atoms with E-state index in [2.05, 4.69) is 17.2 Å². The highest BCUT2D eigenvalue weighted by Gasteiger charge is 2.14. The molecule has 0 atom stereocenters. The molecule has 0 bridgehead atoms. The quantitative estimate of drug-likeness (QED) is 0.821. The Hall–Kier alpha value is -1.56. The van der Waals surface area contributed by atoms with Gasteiger partial charge in [-0.15, -0.1) is 24.8 Å². The first-order valence-corrected chi connectivity index (χ1v) is 7.18. The molecule has 2 N–H and O–H groups in total. The Balaban J connectivity index is 0.00000242. The molecular formula is C16H24Cl2N4O. The summed E-state index contributed by atoms with van der Waals surface area (Å²) in [5.74, 6) is 0.101. The van der Waals surface area contributed by atoms with E-state index in [0.717, 1.165) is 12.0 Å². The van der Waals surface area contributed by atoms with E-state index in [1.807, 2.05) is 36.3 Å². The van der Waals surface area contributed by atoms with E-state index in [4.69, 9.17) is 5.73 Å². The first-order valence-electron chi connectivity index (χ1n) is 7.18. The second-order valence-corrected chi connectivity index (χ2v) is 5.10. The van der Waals surface area contributed by atoms with Crippen LogP contribution in [0.1, 0.15) is 11.1 Å². The van der Waals surface area contributed by atoms with Gasteiger partial charge < -0.3 is 10.6 Å². The first kappa shape index (κ1) is 21.4. The third-order valence-electron chi connectivity index (χ3n) is 3.38. The number of hydrogen-bond donors (Lipinski definition) is 1. The van der Waals surface area contributed by atoms with Gasteiger partial charge in [0.25, 0.3) is 0 Å². The maximum absolute atomic E-state index is 12.4. The number of aromatic nitrogens is 2. The Morgan fingerprint density at radius 2 is 1.87 bits per heavy atom. The fourth-order valence-electron chi connectivity index (χ4n) is 2.28. The molecule has 1 heterocycles. The molecular weight excluding hydrogens is 335 g/mol. The van der Waals surface area contributed by atoms with Gasteiger partial charge in [0.15, 0.2) is 0 Å². The van der Waals surface area contributed by atoms with Crippen molar-refractivity contribution in [3.8, 4) is 0 Å². The zero-order valence-corrected chi connectivity index (χ0v) is 14.9. The van der Waals surface area contributed by atoms with Crippen LogP contribution in [0.15, 0.2) is 42.7 Å². The van der Waals surface area contributed by atoms with Crippen LogP contribution in [-0.2, 0) is 24.7 Å². The Morgan fingerprint density at radius 3 is 2.43 bits per heavy atom. The van der Waals surface area contributed by atoms with Gasteiger partial charge >= 0.3 is 0 Å². The predicted molar refractivity (Wildman–Crippen MR) is 97.2 cm³/mol. The third kappa shape index (κ3) is 7.03. The molecule has 0 unspecified atom stereocenters. The topological polar surface area (TPSA) is 64.2 Å². The summed E-state index contributed by atoms with van der Waals surface area (Å²) in [5.41, 5.74) is 7.79. The van der Waals surface area contributed by atoms with Gasteiger partial charge in [-0.2, -0.15) is 5.10 Å². The second kappa shape index (κ2) is 11.0. The molecule has 0 saturated carbocycles. The molecule has 7 heteroatoms. The minimum Gasteiger partial charge on any atom is -0.341 e.